The molecule has 0 radical (unpaired) electrons. The number of aliphatic hydroxyl groups is 3. The fourth-order valence-electron chi connectivity index (χ4n) is 2.44. The van der Waals surface area contributed by atoms with Crippen LogP contribution in [0, 0.1) is 9.49 Å². The number of hydrogen-bond acceptors (Lipinski definition) is 8. The van der Waals surface area contributed by atoms with Crippen molar-refractivity contribution >= 4 is 34.5 Å². The number of nitrogens with zero attached hydrogens (tertiary/aromatic N) is 2. The molecule has 10 nitrogen and oxygen atoms in total. The lowest BCUT2D eigenvalue weighted by Gasteiger charge is -2.18. The molecule has 2 heterocycles. The highest BCUT2D eigenvalue weighted by Crippen LogP contribution is 2.30. The van der Waals surface area contributed by atoms with Crippen LogP contribution in [0.5, 0.6) is 0 Å². The summed E-state index contributed by atoms with van der Waals surface area (Å²) in [6.45, 7) is -0.164. The highest BCUT2D eigenvalue weighted by atomic mass is 127. The van der Waals surface area contributed by atoms with E-state index >= 15 is 0 Å². The third-order valence-electron chi connectivity index (χ3n) is 4.07. The predicted octanol–water partition coefficient (Wildman–Crippen LogP) is -0.582. The molecule has 4 atom stereocenters. The number of anilines is 1. The molecule has 2 fully saturated rings. The fourth-order valence-corrected chi connectivity index (χ4v) is 2.99. The lowest BCUT2D eigenvalue weighted by Crippen LogP contribution is -2.36. The summed E-state index contributed by atoms with van der Waals surface area (Å²) in [4.78, 5) is 27.7. The van der Waals surface area contributed by atoms with Crippen molar-refractivity contribution < 1.29 is 29.6 Å². The summed E-state index contributed by atoms with van der Waals surface area (Å²) in [6, 6.07) is 0. The number of carbonyl (C=O) groups is 1. The first-order valence-electron chi connectivity index (χ1n) is 7.75. The van der Waals surface area contributed by atoms with Crippen LogP contribution in [-0.2, 0) is 9.47 Å². The van der Waals surface area contributed by atoms with Gasteiger partial charge in [-0.2, -0.15) is 4.98 Å². The highest BCUT2D eigenvalue weighted by molar-refractivity contribution is 14.1. The van der Waals surface area contributed by atoms with Crippen LogP contribution < -0.4 is 11.0 Å². The Labute approximate surface area is 155 Å². The molecule has 138 valence electrons. The van der Waals surface area contributed by atoms with E-state index in [9.17, 15) is 19.8 Å². The van der Waals surface area contributed by atoms with Crippen molar-refractivity contribution in [2.75, 3.05) is 18.5 Å². The second kappa shape index (κ2) is 7.53. The molecule has 0 spiro atoms. The van der Waals surface area contributed by atoms with E-state index in [4.69, 9.17) is 14.6 Å². The molecule has 1 saturated heterocycles. The molecule has 1 aliphatic carbocycles. The molecule has 3 rings (SSSR count). The van der Waals surface area contributed by atoms with Crippen LogP contribution in [-0.4, -0.2) is 62.5 Å². The molecule has 2 aliphatic rings. The quantitative estimate of drug-likeness (QED) is 0.422. The number of nitrogens with one attached hydrogen (secondary N) is 1. The van der Waals surface area contributed by atoms with E-state index in [0.29, 0.717) is 16.1 Å². The van der Waals surface area contributed by atoms with Crippen LogP contribution in [0.3, 0.4) is 0 Å². The Kier molecular flexibility index (Phi) is 5.58. The van der Waals surface area contributed by atoms with Gasteiger partial charge in [0.25, 0.3) is 0 Å². The molecule has 1 saturated carbocycles. The van der Waals surface area contributed by atoms with Gasteiger partial charge in [-0.3, -0.25) is 9.88 Å². The second-order valence-corrected chi connectivity index (χ2v) is 7.19. The smallest absolute Gasteiger partial charge is 0.412 e. The van der Waals surface area contributed by atoms with Crippen molar-refractivity contribution in [3.8, 4) is 0 Å². The second-order valence-electron chi connectivity index (χ2n) is 6.02. The first kappa shape index (κ1) is 18.5. The average Bonchev–Trinajstić information content (AvgIpc) is 3.36. The van der Waals surface area contributed by atoms with Crippen molar-refractivity contribution in [1.29, 1.82) is 0 Å². The van der Waals surface area contributed by atoms with Crippen molar-refractivity contribution in [1.82, 2.24) is 9.55 Å². The Morgan fingerprint density at radius 2 is 2.16 bits per heavy atom. The minimum atomic E-state index is -1.39. The van der Waals surface area contributed by atoms with Gasteiger partial charge in [0.05, 0.1) is 16.8 Å². The molecule has 1 aromatic rings. The number of aromatic nitrogens is 2. The zero-order chi connectivity index (χ0) is 18.1. The molecule has 25 heavy (non-hydrogen) atoms. The van der Waals surface area contributed by atoms with E-state index in [2.05, 4.69) is 10.3 Å². The number of ether oxygens (including phenoxy) is 2. The van der Waals surface area contributed by atoms with E-state index in [-0.39, 0.29) is 5.82 Å². The van der Waals surface area contributed by atoms with Gasteiger partial charge in [0.15, 0.2) is 12.0 Å². The molecule has 4 N–H and O–H groups in total. The van der Waals surface area contributed by atoms with Gasteiger partial charge in [-0.1, -0.05) is 0 Å². The summed E-state index contributed by atoms with van der Waals surface area (Å²) in [6.07, 6.45) is -2.16. The van der Waals surface area contributed by atoms with E-state index in [0.717, 1.165) is 17.4 Å². The summed E-state index contributed by atoms with van der Waals surface area (Å²) in [5.41, 5.74) is -0.784. The van der Waals surface area contributed by atoms with Crippen molar-refractivity contribution in [3.63, 3.8) is 0 Å². The van der Waals surface area contributed by atoms with Gasteiger partial charge in [-0.05, 0) is 41.4 Å². The Bertz CT molecular complexity index is 708. The van der Waals surface area contributed by atoms with Gasteiger partial charge in [0.1, 0.15) is 18.3 Å². The van der Waals surface area contributed by atoms with E-state index in [1.54, 1.807) is 0 Å². The maximum Gasteiger partial charge on any atom is 0.412 e. The maximum absolute atomic E-state index is 12.2. The minimum absolute atomic E-state index is 0.0365. The summed E-state index contributed by atoms with van der Waals surface area (Å²) in [5, 5.41) is 31.3. The number of hydrogen-bond donors (Lipinski definition) is 4. The van der Waals surface area contributed by atoms with Crippen molar-refractivity contribution in [3.05, 3.63) is 20.3 Å². The van der Waals surface area contributed by atoms with E-state index < -0.39 is 42.9 Å². The first-order chi connectivity index (χ1) is 11.9. The summed E-state index contributed by atoms with van der Waals surface area (Å²) in [7, 11) is 0. The topological polar surface area (TPSA) is 143 Å². The van der Waals surface area contributed by atoms with Gasteiger partial charge in [-0.15, -0.1) is 0 Å². The van der Waals surface area contributed by atoms with Crippen molar-refractivity contribution in [2.24, 2.45) is 5.92 Å². The predicted molar refractivity (Wildman–Crippen MR) is 91.9 cm³/mol. The van der Waals surface area contributed by atoms with Gasteiger partial charge in [-0.25, -0.2) is 9.59 Å². The lowest BCUT2D eigenvalue weighted by molar-refractivity contribution is -0.0550. The molecule has 1 aliphatic heterocycles. The lowest BCUT2D eigenvalue weighted by atomic mass is 10.1. The summed E-state index contributed by atoms with van der Waals surface area (Å²) < 4.78 is 11.8. The third kappa shape index (κ3) is 4.11. The third-order valence-corrected chi connectivity index (χ3v) is 4.86. The molecule has 0 aromatic carbocycles. The minimum Gasteiger partial charge on any atom is -0.449 e. The molecule has 1 aromatic heterocycles. The molecular formula is C14H18IN3O7. The van der Waals surface area contributed by atoms with Crippen LogP contribution in [0.15, 0.2) is 11.0 Å². The van der Waals surface area contributed by atoms with Crippen LogP contribution in [0.4, 0.5) is 10.6 Å². The number of amides is 1. The largest absolute Gasteiger partial charge is 0.449 e. The average molecular weight is 467 g/mol. The van der Waals surface area contributed by atoms with Gasteiger partial charge in [0.2, 0.25) is 0 Å². The monoisotopic (exact) mass is 467 g/mol. The van der Waals surface area contributed by atoms with Crippen LogP contribution in [0.1, 0.15) is 19.1 Å². The fraction of sp³-hybridized carbons (Fsp3) is 0.643. The van der Waals surface area contributed by atoms with Gasteiger partial charge >= 0.3 is 11.8 Å². The standard InChI is InChI=1S/C14H18IN3O7/c15-7-3-18(12-10(21)9(20)8(4-19)25-12)13(22)16-11(7)17-14(23)24-5-6-1-2-6/h3,6,8-10,12,19-21H,1-2,4-5H2,(H,16,17,22,23)/t8-,9-,10-,12?/m1/s1. The zero-order valence-electron chi connectivity index (χ0n) is 13.0. The first-order valence-corrected chi connectivity index (χ1v) is 8.83. The van der Waals surface area contributed by atoms with E-state index in [1.807, 2.05) is 22.6 Å². The Hall–Kier alpha value is -1.28. The Balaban J connectivity index is 1.73. The van der Waals surface area contributed by atoms with Crippen LogP contribution >= 0.6 is 22.6 Å². The van der Waals surface area contributed by atoms with E-state index in [1.165, 1.54) is 6.20 Å². The number of halogens is 1. The summed E-state index contributed by atoms with van der Waals surface area (Å²) >= 11 is 1.86. The van der Waals surface area contributed by atoms with Crippen LogP contribution in [0.25, 0.3) is 0 Å². The number of aliphatic hydroxyl groups excluding tert-OH is 3. The zero-order valence-corrected chi connectivity index (χ0v) is 15.2. The van der Waals surface area contributed by atoms with Crippen molar-refractivity contribution in [2.45, 2.75) is 37.4 Å². The molecule has 0 bridgehead atoms. The normalized spacial score (nSPS) is 28.8. The molecule has 11 heteroatoms. The van der Waals surface area contributed by atoms with Gasteiger partial charge < -0.3 is 24.8 Å². The highest BCUT2D eigenvalue weighted by Gasteiger charge is 2.44. The Morgan fingerprint density at radius 1 is 1.44 bits per heavy atom. The number of rotatable bonds is 5. The molecule has 1 amide bonds. The Morgan fingerprint density at radius 3 is 2.76 bits per heavy atom. The SMILES string of the molecule is O=C(Nc1nc(=O)n(C2O[C@H](CO)[C@@H](O)[C@H]2O)cc1I)OCC1CC1. The molecular weight excluding hydrogens is 449 g/mol. The van der Waals surface area contributed by atoms with Gasteiger partial charge in [0, 0.05) is 6.20 Å². The van der Waals surface area contributed by atoms with Crippen LogP contribution in [0.2, 0.25) is 0 Å². The molecule has 1 unspecified atom stereocenters. The summed E-state index contributed by atoms with van der Waals surface area (Å²) in [5.74, 6) is 0.451. The maximum atomic E-state index is 12.2. The number of carbonyl (C=O) groups excluding carboxylic acids is 1.